The molecule has 0 aliphatic carbocycles. The van der Waals surface area contributed by atoms with Crippen LogP contribution in [0.5, 0.6) is 0 Å². The van der Waals surface area contributed by atoms with Crippen LogP contribution in [0.25, 0.3) is 5.65 Å². The van der Waals surface area contributed by atoms with Crippen LogP contribution in [0.2, 0.25) is 0 Å². The summed E-state index contributed by atoms with van der Waals surface area (Å²) in [5.41, 5.74) is 7.27. The Morgan fingerprint density at radius 1 is 1.06 bits per heavy atom. The SMILES string of the molecule is Nc1ccc(Sc2ccn3nccc3n2)cc1. The number of anilines is 1. The third kappa shape index (κ3) is 2.09. The van der Waals surface area contributed by atoms with Gasteiger partial charge in [-0.05, 0) is 30.3 Å². The number of nitrogens with zero attached hydrogens (tertiary/aromatic N) is 3. The lowest BCUT2D eigenvalue weighted by molar-refractivity contribution is 0.915. The molecule has 0 fully saturated rings. The topological polar surface area (TPSA) is 56.2 Å². The average Bonchev–Trinajstić information content (AvgIpc) is 2.79. The Labute approximate surface area is 102 Å². The minimum Gasteiger partial charge on any atom is -0.399 e. The van der Waals surface area contributed by atoms with Crippen molar-refractivity contribution in [2.24, 2.45) is 0 Å². The van der Waals surface area contributed by atoms with E-state index in [1.807, 2.05) is 42.6 Å². The zero-order chi connectivity index (χ0) is 11.7. The van der Waals surface area contributed by atoms with Crippen LogP contribution in [-0.4, -0.2) is 14.6 Å². The highest BCUT2D eigenvalue weighted by Gasteiger charge is 2.01. The monoisotopic (exact) mass is 242 g/mol. The first kappa shape index (κ1) is 10.2. The summed E-state index contributed by atoms with van der Waals surface area (Å²) in [5, 5.41) is 5.05. The Kier molecular flexibility index (Phi) is 2.45. The summed E-state index contributed by atoms with van der Waals surface area (Å²) in [6.45, 7) is 0. The van der Waals surface area contributed by atoms with Crippen molar-refractivity contribution in [1.29, 1.82) is 0 Å². The largest absolute Gasteiger partial charge is 0.399 e. The second-order valence-corrected chi connectivity index (χ2v) is 4.66. The molecular weight excluding hydrogens is 232 g/mol. The highest BCUT2D eigenvalue weighted by atomic mass is 32.2. The smallest absolute Gasteiger partial charge is 0.156 e. The Morgan fingerprint density at radius 3 is 2.71 bits per heavy atom. The molecule has 84 valence electrons. The van der Waals surface area contributed by atoms with E-state index in [0.717, 1.165) is 21.3 Å². The van der Waals surface area contributed by atoms with Crippen LogP contribution in [-0.2, 0) is 0 Å². The minimum absolute atomic E-state index is 0.772. The summed E-state index contributed by atoms with van der Waals surface area (Å²) in [6, 6.07) is 11.6. The fourth-order valence-electron chi connectivity index (χ4n) is 1.51. The molecule has 0 saturated carbocycles. The molecule has 2 heterocycles. The Balaban J connectivity index is 1.91. The van der Waals surface area contributed by atoms with Crippen LogP contribution in [0, 0.1) is 0 Å². The van der Waals surface area contributed by atoms with E-state index in [1.165, 1.54) is 0 Å². The van der Waals surface area contributed by atoms with E-state index in [9.17, 15) is 0 Å². The van der Waals surface area contributed by atoms with E-state index >= 15 is 0 Å². The van der Waals surface area contributed by atoms with Crippen LogP contribution in [0.15, 0.2) is 58.7 Å². The van der Waals surface area contributed by atoms with Gasteiger partial charge < -0.3 is 5.73 Å². The van der Waals surface area contributed by atoms with Gasteiger partial charge in [-0.25, -0.2) is 9.50 Å². The van der Waals surface area contributed by atoms with Gasteiger partial charge in [0.25, 0.3) is 0 Å². The molecule has 1 aromatic carbocycles. The van der Waals surface area contributed by atoms with Gasteiger partial charge in [0.1, 0.15) is 5.03 Å². The van der Waals surface area contributed by atoms with E-state index in [2.05, 4.69) is 10.1 Å². The molecule has 0 saturated heterocycles. The fraction of sp³-hybridized carbons (Fsp3) is 0. The maximum atomic E-state index is 5.64. The molecule has 0 amide bonds. The van der Waals surface area contributed by atoms with Gasteiger partial charge >= 0.3 is 0 Å². The molecule has 0 radical (unpaired) electrons. The lowest BCUT2D eigenvalue weighted by Gasteiger charge is -2.01. The number of fused-ring (bicyclic) bond motifs is 1. The minimum atomic E-state index is 0.772. The molecule has 3 aromatic rings. The quantitative estimate of drug-likeness (QED) is 0.554. The molecule has 0 atom stereocenters. The van der Waals surface area contributed by atoms with Gasteiger partial charge in [-0.1, -0.05) is 11.8 Å². The first-order valence-electron chi connectivity index (χ1n) is 5.15. The summed E-state index contributed by atoms with van der Waals surface area (Å²) in [5.74, 6) is 0. The Hall–Kier alpha value is -2.01. The maximum absolute atomic E-state index is 5.64. The highest BCUT2D eigenvalue weighted by molar-refractivity contribution is 7.99. The standard InChI is InChI=1S/C12H10N4S/c13-9-1-3-10(4-2-9)17-12-6-8-16-11(15-12)5-7-14-16/h1-8H,13H2. The number of aromatic nitrogens is 3. The van der Waals surface area contributed by atoms with Gasteiger partial charge in [-0.2, -0.15) is 5.10 Å². The van der Waals surface area contributed by atoms with Crippen LogP contribution < -0.4 is 5.73 Å². The molecule has 17 heavy (non-hydrogen) atoms. The van der Waals surface area contributed by atoms with Crippen molar-refractivity contribution in [2.75, 3.05) is 5.73 Å². The zero-order valence-electron chi connectivity index (χ0n) is 8.95. The second-order valence-electron chi connectivity index (χ2n) is 3.57. The normalized spacial score (nSPS) is 10.8. The fourth-order valence-corrected chi connectivity index (χ4v) is 2.29. The van der Waals surface area contributed by atoms with Crippen molar-refractivity contribution in [2.45, 2.75) is 9.92 Å². The van der Waals surface area contributed by atoms with Gasteiger partial charge in [0.2, 0.25) is 0 Å². The molecule has 4 nitrogen and oxygen atoms in total. The zero-order valence-corrected chi connectivity index (χ0v) is 9.76. The van der Waals surface area contributed by atoms with E-state index in [4.69, 9.17) is 5.73 Å². The van der Waals surface area contributed by atoms with Gasteiger partial charge in [0.05, 0.1) is 6.20 Å². The third-order valence-corrected chi connectivity index (χ3v) is 3.28. The van der Waals surface area contributed by atoms with E-state index in [0.29, 0.717) is 0 Å². The molecule has 0 bridgehead atoms. The predicted molar refractivity (Wildman–Crippen MR) is 68.0 cm³/mol. The van der Waals surface area contributed by atoms with Crippen molar-refractivity contribution in [1.82, 2.24) is 14.6 Å². The molecule has 0 aliphatic rings. The first-order chi connectivity index (χ1) is 8.31. The van der Waals surface area contributed by atoms with Crippen molar-refractivity contribution in [3.05, 3.63) is 48.8 Å². The van der Waals surface area contributed by atoms with Crippen LogP contribution in [0.1, 0.15) is 0 Å². The van der Waals surface area contributed by atoms with Gasteiger partial charge in [-0.15, -0.1) is 0 Å². The van der Waals surface area contributed by atoms with Gasteiger partial charge in [0, 0.05) is 22.8 Å². The van der Waals surface area contributed by atoms with E-state index in [-0.39, 0.29) is 0 Å². The molecule has 5 heteroatoms. The van der Waals surface area contributed by atoms with Crippen molar-refractivity contribution < 1.29 is 0 Å². The molecule has 0 spiro atoms. The maximum Gasteiger partial charge on any atom is 0.156 e. The number of benzene rings is 1. The number of hydrogen-bond donors (Lipinski definition) is 1. The predicted octanol–water partition coefficient (Wildman–Crippen LogP) is 2.46. The van der Waals surface area contributed by atoms with Crippen molar-refractivity contribution in [3.8, 4) is 0 Å². The van der Waals surface area contributed by atoms with Crippen molar-refractivity contribution in [3.63, 3.8) is 0 Å². The van der Waals surface area contributed by atoms with E-state index in [1.54, 1.807) is 22.5 Å². The molecule has 0 aliphatic heterocycles. The highest BCUT2D eigenvalue weighted by Crippen LogP contribution is 2.26. The molecular formula is C12H10N4S. The summed E-state index contributed by atoms with van der Waals surface area (Å²) in [7, 11) is 0. The summed E-state index contributed by atoms with van der Waals surface area (Å²) < 4.78 is 1.74. The van der Waals surface area contributed by atoms with Crippen LogP contribution in [0.4, 0.5) is 5.69 Å². The number of hydrogen-bond acceptors (Lipinski definition) is 4. The lowest BCUT2D eigenvalue weighted by atomic mass is 10.3. The average molecular weight is 242 g/mol. The second kappa shape index (κ2) is 4.10. The summed E-state index contributed by atoms with van der Waals surface area (Å²) in [4.78, 5) is 5.61. The molecule has 0 unspecified atom stereocenters. The van der Waals surface area contributed by atoms with Crippen LogP contribution >= 0.6 is 11.8 Å². The number of rotatable bonds is 2. The number of nitrogen functional groups attached to an aromatic ring is 1. The summed E-state index contributed by atoms with van der Waals surface area (Å²) in [6.07, 6.45) is 3.64. The number of nitrogens with two attached hydrogens (primary N) is 1. The first-order valence-corrected chi connectivity index (χ1v) is 5.97. The molecule has 2 N–H and O–H groups in total. The Morgan fingerprint density at radius 2 is 1.88 bits per heavy atom. The lowest BCUT2D eigenvalue weighted by Crippen LogP contribution is -1.90. The Bertz CT molecular complexity index is 645. The van der Waals surface area contributed by atoms with Gasteiger partial charge in [0.15, 0.2) is 5.65 Å². The van der Waals surface area contributed by atoms with E-state index < -0.39 is 0 Å². The summed E-state index contributed by atoms with van der Waals surface area (Å²) >= 11 is 1.61. The van der Waals surface area contributed by atoms with Gasteiger partial charge in [-0.3, -0.25) is 0 Å². The third-order valence-electron chi connectivity index (χ3n) is 2.33. The molecule has 2 aromatic heterocycles. The molecule has 3 rings (SSSR count). The van der Waals surface area contributed by atoms with Crippen LogP contribution in [0.3, 0.4) is 0 Å². The van der Waals surface area contributed by atoms with Crippen molar-refractivity contribution >= 4 is 23.1 Å².